The fourth-order valence-corrected chi connectivity index (χ4v) is 15.3. The van der Waals surface area contributed by atoms with Crippen molar-refractivity contribution in [2.75, 3.05) is 39.6 Å². The van der Waals surface area contributed by atoms with Gasteiger partial charge in [-0.15, -0.1) is 0 Å². The van der Waals surface area contributed by atoms with Crippen molar-refractivity contribution in [3.8, 4) is 0 Å². The third kappa shape index (κ3) is 80.5. The third-order valence-corrected chi connectivity index (χ3v) is 23.0. The van der Waals surface area contributed by atoms with Gasteiger partial charge in [0.05, 0.1) is 26.4 Å². The Bertz CT molecular complexity index is 2050. The van der Waals surface area contributed by atoms with Gasteiger partial charge in [0, 0.05) is 25.7 Å². The Morgan fingerprint density at radius 1 is 0.271 bits per heavy atom. The average molecular weight is 1560 g/mol. The second-order valence-electron chi connectivity index (χ2n) is 32.4. The molecule has 0 bridgehead atoms. The van der Waals surface area contributed by atoms with Crippen LogP contribution in [0.15, 0.2) is 0 Å². The monoisotopic (exact) mass is 1560 g/mol. The number of rotatable bonds is 87. The Morgan fingerprint density at radius 3 is 0.710 bits per heavy atom. The zero-order valence-electron chi connectivity index (χ0n) is 70.5. The van der Waals surface area contributed by atoms with E-state index in [1.807, 2.05) is 0 Å². The molecular weight excluding hydrogens is 1390 g/mol. The van der Waals surface area contributed by atoms with Gasteiger partial charge in [-0.25, -0.2) is 9.13 Å². The quantitative estimate of drug-likeness (QED) is 0.0222. The number of ether oxygens (including phenoxy) is 4. The summed E-state index contributed by atoms with van der Waals surface area (Å²) in [7, 11) is -9.93. The molecule has 107 heavy (non-hydrogen) atoms. The van der Waals surface area contributed by atoms with Crippen LogP contribution in [0.25, 0.3) is 0 Å². The maximum Gasteiger partial charge on any atom is 0.472 e. The molecule has 0 saturated carbocycles. The van der Waals surface area contributed by atoms with Crippen LogP contribution in [0.4, 0.5) is 0 Å². The number of unbranched alkanes of at least 4 members (excludes halogenated alkanes) is 56. The van der Waals surface area contributed by atoms with E-state index in [0.29, 0.717) is 25.7 Å². The van der Waals surface area contributed by atoms with E-state index >= 15 is 0 Å². The van der Waals surface area contributed by atoms with Crippen molar-refractivity contribution in [3.63, 3.8) is 0 Å². The summed E-state index contributed by atoms with van der Waals surface area (Å²) in [5.41, 5.74) is 0. The normalized spacial score (nSPS) is 14.0. The zero-order chi connectivity index (χ0) is 78.5. The molecule has 0 amide bonds. The van der Waals surface area contributed by atoms with E-state index in [-0.39, 0.29) is 25.7 Å². The van der Waals surface area contributed by atoms with Gasteiger partial charge in [0.1, 0.15) is 19.3 Å². The lowest BCUT2D eigenvalue weighted by molar-refractivity contribution is -0.161. The molecule has 0 heterocycles. The highest BCUT2D eigenvalue weighted by molar-refractivity contribution is 7.47. The van der Waals surface area contributed by atoms with Gasteiger partial charge in [0.2, 0.25) is 0 Å². The standard InChI is InChI=1S/C88H172O17P2/c1-7-10-12-14-16-18-20-22-24-25-26-27-31-34-38-41-45-52-58-64-70-85(90)98-76-83(104-88(93)73-67-61-55-47-43-39-35-32-29-28-30-33-36-40-44-50-56-62-68-80(4)5)78-102-106(94,95)100-74-82(89)75-101-107(96,97)103-79-84(77-99-86(91)71-65-59-53-49-48-51-57-63-69-81(6)9-3)105-87(92)72-66-60-54-46-42-37-23-21-19-17-15-13-11-8-2/h80-84,89H,7-79H2,1-6H3,(H,94,95)(H,96,97)/t81?,82-,83-,84-/m1/s1. The van der Waals surface area contributed by atoms with Gasteiger partial charge in [-0.3, -0.25) is 37.3 Å². The van der Waals surface area contributed by atoms with Gasteiger partial charge in [-0.1, -0.05) is 420 Å². The molecule has 3 unspecified atom stereocenters. The first-order chi connectivity index (χ1) is 51.9. The van der Waals surface area contributed by atoms with Gasteiger partial charge in [0.25, 0.3) is 0 Å². The molecular formula is C88H172O17P2. The second kappa shape index (κ2) is 79.3. The topological polar surface area (TPSA) is 237 Å². The zero-order valence-corrected chi connectivity index (χ0v) is 72.2. The molecule has 0 radical (unpaired) electrons. The smallest absolute Gasteiger partial charge is 0.462 e. The van der Waals surface area contributed by atoms with Crippen molar-refractivity contribution in [3.05, 3.63) is 0 Å². The minimum absolute atomic E-state index is 0.108. The molecule has 17 nitrogen and oxygen atoms in total. The predicted molar refractivity (Wildman–Crippen MR) is 442 cm³/mol. The van der Waals surface area contributed by atoms with E-state index in [0.717, 1.165) is 102 Å². The van der Waals surface area contributed by atoms with E-state index in [9.17, 15) is 43.2 Å². The maximum absolute atomic E-state index is 13.2. The van der Waals surface area contributed by atoms with Gasteiger partial charge < -0.3 is 33.8 Å². The Labute approximate surface area is 658 Å². The summed E-state index contributed by atoms with van der Waals surface area (Å²) in [5.74, 6) is -0.501. The van der Waals surface area contributed by atoms with E-state index in [2.05, 4.69) is 41.5 Å². The predicted octanol–water partition coefficient (Wildman–Crippen LogP) is 27.0. The number of carbonyl (C=O) groups excluding carboxylic acids is 4. The molecule has 0 aromatic carbocycles. The molecule has 0 aliphatic rings. The summed E-state index contributed by atoms with van der Waals surface area (Å²) >= 11 is 0. The number of carbonyl (C=O) groups is 4. The molecule has 0 rings (SSSR count). The van der Waals surface area contributed by atoms with Crippen LogP contribution in [0.5, 0.6) is 0 Å². The Hall–Kier alpha value is -1.94. The molecule has 3 N–H and O–H groups in total. The van der Waals surface area contributed by atoms with E-state index in [4.69, 9.17) is 37.0 Å². The SMILES string of the molecule is CCCCCCCCCCCCCCCCCCCCCCC(=O)OC[C@H](COP(=O)(O)OC[C@@H](O)COP(=O)(O)OC[C@@H](COC(=O)CCCCCCCCCCC(C)CC)OC(=O)CCCCCCCCCCCCCCCC)OC(=O)CCCCCCCCCCCCCCCCCCCCC(C)C. The van der Waals surface area contributed by atoms with E-state index < -0.39 is 97.5 Å². The van der Waals surface area contributed by atoms with Crippen molar-refractivity contribution in [1.82, 2.24) is 0 Å². The lowest BCUT2D eigenvalue weighted by Crippen LogP contribution is -2.30. The molecule has 0 aromatic heterocycles. The van der Waals surface area contributed by atoms with Crippen LogP contribution in [0.2, 0.25) is 0 Å². The molecule has 0 aromatic rings. The van der Waals surface area contributed by atoms with Crippen molar-refractivity contribution in [1.29, 1.82) is 0 Å². The van der Waals surface area contributed by atoms with Crippen molar-refractivity contribution >= 4 is 39.5 Å². The highest BCUT2D eigenvalue weighted by Gasteiger charge is 2.31. The van der Waals surface area contributed by atoms with Crippen LogP contribution in [0, 0.1) is 11.8 Å². The van der Waals surface area contributed by atoms with Crippen molar-refractivity contribution < 1.29 is 80.2 Å². The van der Waals surface area contributed by atoms with Crippen molar-refractivity contribution in [2.45, 2.75) is 490 Å². The first kappa shape index (κ1) is 105. The second-order valence-corrected chi connectivity index (χ2v) is 35.3. The lowest BCUT2D eigenvalue weighted by atomic mass is 9.99. The van der Waals surface area contributed by atoms with E-state index in [1.165, 1.54) is 289 Å². The molecule has 6 atom stereocenters. The van der Waals surface area contributed by atoms with Crippen LogP contribution in [-0.2, 0) is 65.4 Å². The summed E-state index contributed by atoms with van der Waals surface area (Å²) in [5, 5.41) is 10.7. The molecule has 19 heteroatoms. The van der Waals surface area contributed by atoms with Gasteiger partial charge in [-0.05, 0) is 37.5 Å². The summed E-state index contributed by atoms with van der Waals surface area (Å²) in [4.78, 5) is 73.3. The number of phosphoric ester groups is 2. The van der Waals surface area contributed by atoms with Gasteiger partial charge in [0.15, 0.2) is 12.2 Å². The van der Waals surface area contributed by atoms with Crippen LogP contribution in [-0.4, -0.2) is 96.7 Å². The van der Waals surface area contributed by atoms with Gasteiger partial charge in [-0.2, -0.15) is 0 Å². The summed E-state index contributed by atoms with van der Waals surface area (Å²) in [6, 6.07) is 0. The fourth-order valence-electron chi connectivity index (χ4n) is 13.7. The number of aliphatic hydroxyl groups excluding tert-OH is 1. The van der Waals surface area contributed by atoms with Gasteiger partial charge >= 0.3 is 39.5 Å². The average Bonchev–Trinajstić information content (AvgIpc) is 0.907. The molecule has 0 spiro atoms. The van der Waals surface area contributed by atoms with Crippen LogP contribution in [0.3, 0.4) is 0 Å². The Balaban J connectivity index is 5.24. The minimum atomic E-state index is -4.97. The summed E-state index contributed by atoms with van der Waals surface area (Å²) in [6.45, 7) is 9.72. The highest BCUT2D eigenvalue weighted by Crippen LogP contribution is 2.45. The maximum atomic E-state index is 13.2. The Morgan fingerprint density at radius 2 is 0.477 bits per heavy atom. The van der Waals surface area contributed by atoms with Crippen LogP contribution < -0.4 is 0 Å². The third-order valence-electron chi connectivity index (χ3n) is 21.1. The first-order valence-electron chi connectivity index (χ1n) is 45.5. The number of hydrogen-bond donors (Lipinski definition) is 3. The Kier molecular flexibility index (Phi) is 77.9. The molecule has 636 valence electrons. The first-order valence-corrected chi connectivity index (χ1v) is 48.5. The summed E-state index contributed by atoms with van der Waals surface area (Å²) < 4.78 is 69.0. The number of esters is 4. The fraction of sp³-hybridized carbons (Fsp3) is 0.955. The number of phosphoric acid groups is 2. The molecule has 0 aliphatic heterocycles. The minimum Gasteiger partial charge on any atom is -0.462 e. The largest absolute Gasteiger partial charge is 0.472 e. The van der Waals surface area contributed by atoms with E-state index in [1.54, 1.807) is 0 Å². The highest BCUT2D eigenvalue weighted by atomic mass is 31.2. The summed E-state index contributed by atoms with van der Waals surface area (Å²) in [6.07, 6.45) is 72.2. The molecule has 0 fully saturated rings. The number of hydrogen-bond acceptors (Lipinski definition) is 15. The van der Waals surface area contributed by atoms with Crippen LogP contribution >= 0.6 is 15.6 Å². The van der Waals surface area contributed by atoms with Crippen LogP contribution in [0.1, 0.15) is 472 Å². The lowest BCUT2D eigenvalue weighted by Gasteiger charge is -2.21. The molecule has 0 aliphatic carbocycles. The molecule has 0 saturated heterocycles. The number of aliphatic hydroxyl groups is 1. The van der Waals surface area contributed by atoms with Crippen molar-refractivity contribution in [2.24, 2.45) is 11.8 Å².